The van der Waals surface area contributed by atoms with Gasteiger partial charge in [0.05, 0.1) is 11.8 Å². The first-order valence-electron chi connectivity index (χ1n) is 7.29. The summed E-state index contributed by atoms with van der Waals surface area (Å²) in [5, 5.41) is 13.4. The average molecular weight is 280 g/mol. The summed E-state index contributed by atoms with van der Waals surface area (Å²) in [7, 11) is 0. The van der Waals surface area contributed by atoms with Crippen LogP contribution in [-0.4, -0.2) is 34.4 Å². The topological polar surface area (TPSA) is 85.5 Å². The molecule has 1 N–H and O–H groups in total. The Morgan fingerprint density at radius 3 is 2.75 bits per heavy atom. The second-order valence-corrected chi connectivity index (χ2v) is 6.01. The highest BCUT2D eigenvalue weighted by Gasteiger charge is 2.41. The van der Waals surface area contributed by atoms with Crippen LogP contribution in [0, 0.1) is 11.8 Å². The first kappa shape index (κ1) is 13.5. The van der Waals surface area contributed by atoms with E-state index in [2.05, 4.69) is 17.1 Å². The lowest BCUT2D eigenvalue weighted by Crippen LogP contribution is -2.18. The van der Waals surface area contributed by atoms with Gasteiger partial charge < -0.3 is 14.4 Å². The Morgan fingerprint density at radius 1 is 1.30 bits per heavy atom. The number of carboxylic acid groups (broad SMARTS) is 1. The van der Waals surface area contributed by atoms with Gasteiger partial charge in [-0.1, -0.05) is 12.1 Å². The van der Waals surface area contributed by atoms with Crippen LogP contribution in [0.3, 0.4) is 0 Å². The van der Waals surface area contributed by atoms with Gasteiger partial charge in [0, 0.05) is 19.1 Å². The van der Waals surface area contributed by atoms with Crippen LogP contribution in [0.5, 0.6) is 0 Å². The maximum Gasteiger partial charge on any atom is 0.307 e. The Morgan fingerprint density at radius 2 is 2.05 bits per heavy atom. The summed E-state index contributed by atoms with van der Waals surface area (Å²) in [5.74, 6) is 0.597. The van der Waals surface area contributed by atoms with Crippen LogP contribution in [-0.2, 0) is 9.53 Å². The van der Waals surface area contributed by atoms with Gasteiger partial charge in [0.1, 0.15) is 0 Å². The monoisotopic (exact) mass is 280 g/mol. The fourth-order valence-electron chi connectivity index (χ4n) is 3.36. The molecule has 0 bridgehead atoms. The molecule has 0 radical (unpaired) electrons. The van der Waals surface area contributed by atoms with Gasteiger partial charge >= 0.3 is 5.97 Å². The van der Waals surface area contributed by atoms with Gasteiger partial charge in [0.2, 0.25) is 5.89 Å². The van der Waals surface area contributed by atoms with E-state index in [0.717, 1.165) is 32.5 Å². The van der Waals surface area contributed by atoms with Gasteiger partial charge in [-0.15, -0.1) is 0 Å². The maximum absolute atomic E-state index is 11.3. The van der Waals surface area contributed by atoms with Crippen molar-refractivity contribution in [3.63, 3.8) is 0 Å². The molecule has 0 aromatic carbocycles. The number of carbonyl (C=O) groups is 1. The predicted molar refractivity (Wildman–Crippen MR) is 69.4 cm³/mol. The van der Waals surface area contributed by atoms with Gasteiger partial charge in [0.25, 0.3) is 0 Å². The Bertz CT molecular complexity index is 481. The van der Waals surface area contributed by atoms with Crippen molar-refractivity contribution >= 4 is 5.97 Å². The number of aromatic nitrogens is 2. The Labute approximate surface area is 117 Å². The smallest absolute Gasteiger partial charge is 0.307 e. The molecular formula is C14H20N2O4. The molecule has 2 heterocycles. The first-order valence-corrected chi connectivity index (χ1v) is 7.29. The molecule has 3 rings (SSSR count). The molecule has 6 heteroatoms. The molecule has 1 saturated heterocycles. The minimum absolute atomic E-state index is 0.136. The molecule has 1 aromatic heterocycles. The van der Waals surface area contributed by atoms with Crippen molar-refractivity contribution in [1.29, 1.82) is 0 Å². The average Bonchev–Trinajstić information content (AvgIpc) is 3.06. The Kier molecular flexibility index (Phi) is 3.74. The molecule has 0 spiro atoms. The quantitative estimate of drug-likeness (QED) is 0.913. The highest BCUT2D eigenvalue weighted by Crippen LogP contribution is 2.42. The van der Waals surface area contributed by atoms with Crippen molar-refractivity contribution in [3.05, 3.63) is 11.7 Å². The third-order valence-corrected chi connectivity index (χ3v) is 4.48. The van der Waals surface area contributed by atoms with Crippen LogP contribution in [0.2, 0.25) is 0 Å². The van der Waals surface area contributed by atoms with Gasteiger partial charge in [-0.2, -0.15) is 4.98 Å². The molecule has 2 fully saturated rings. The lowest BCUT2D eigenvalue weighted by molar-refractivity contribution is -0.142. The van der Waals surface area contributed by atoms with Gasteiger partial charge in [0.15, 0.2) is 5.82 Å². The van der Waals surface area contributed by atoms with E-state index in [9.17, 15) is 9.90 Å². The predicted octanol–water partition coefficient (Wildman–Crippen LogP) is 2.18. The highest BCUT2D eigenvalue weighted by molar-refractivity contribution is 5.71. The van der Waals surface area contributed by atoms with Crippen LogP contribution < -0.4 is 0 Å². The van der Waals surface area contributed by atoms with Gasteiger partial charge in [-0.3, -0.25) is 4.79 Å². The van der Waals surface area contributed by atoms with E-state index < -0.39 is 11.9 Å². The zero-order chi connectivity index (χ0) is 14.1. The summed E-state index contributed by atoms with van der Waals surface area (Å²) < 4.78 is 10.7. The zero-order valence-electron chi connectivity index (χ0n) is 11.6. The Balaban J connectivity index is 1.77. The summed E-state index contributed by atoms with van der Waals surface area (Å²) in [5.41, 5.74) is 0. The minimum atomic E-state index is -0.759. The lowest BCUT2D eigenvalue weighted by Gasteiger charge is -2.18. The maximum atomic E-state index is 11.3. The van der Waals surface area contributed by atoms with Crippen LogP contribution in [0.4, 0.5) is 0 Å². The molecule has 20 heavy (non-hydrogen) atoms. The molecule has 6 nitrogen and oxygen atoms in total. The van der Waals surface area contributed by atoms with Gasteiger partial charge in [-0.05, 0) is 31.6 Å². The SMILES string of the molecule is CC1CC(C(=O)O)C(c2nc(C3CCOCC3)no2)C1. The second-order valence-electron chi connectivity index (χ2n) is 6.01. The van der Waals surface area contributed by atoms with Crippen molar-refractivity contribution < 1.29 is 19.2 Å². The van der Waals surface area contributed by atoms with Crippen LogP contribution in [0.25, 0.3) is 0 Å². The number of hydrogen-bond acceptors (Lipinski definition) is 5. The summed E-state index contributed by atoms with van der Waals surface area (Å²) in [6, 6.07) is 0. The minimum Gasteiger partial charge on any atom is -0.481 e. The number of hydrogen-bond donors (Lipinski definition) is 1. The number of nitrogens with zero attached hydrogens (tertiary/aromatic N) is 2. The van der Waals surface area contributed by atoms with Crippen molar-refractivity contribution in [3.8, 4) is 0 Å². The molecule has 1 aliphatic carbocycles. The highest BCUT2D eigenvalue weighted by atomic mass is 16.5. The van der Waals surface area contributed by atoms with Crippen molar-refractivity contribution in [2.45, 2.75) is 44.4 Å². The Hall–Kier alpha value is -1.43. The van der Waals surface area contributed by atoms with Crippen molar-refractivity contribution in [2.24, 2.45) is 11.8 Å². The molecule has 1 aliphatic heterocycles. The molecule has 3 unspecified atom stereocenters. The molecule has 3 atom stereocenters. The fourth-order valence-corrected chi connectivity index (χ4v) is 3.36. The summed E-state index contributed by atoms with van der Waals surface area (Å²) in [4.78, 5) is 15.8. The normalized spacial score (nSPS) is 31.6. The molecule has 1 saturated carbocycles. The van der Waals surface area contributed by atoms with Gasteiger partial charge in [-0.25, -0.2) is 0 Å². The van der Waals surface area contributed by atoms with E-state index in [0.29, 0.717) is 24.1 Å². The molecule has 110 valence electrons. The lowest BCUT2D eigenvalue weighted by atomic mass is 9.96. The fraction of sp³-hybridized carbons (Fsp3) is 0.786. The van der Waals surface area contributed by atoms with Crippen LogP contribution >= 0.6 is 0 Å². The molecule has 2 aliphatic rings. The number of ether oxygens (including phenoxy) is 1. The third kappa shape index (κ3) is 2.57. The van der Waals surface area contributed by atoms with E-state index in [1.807, 2.05) is 0 Å². The van der Waals surface area contributed by atoms with E-state index in [-0.39, 0.29) is 11.8 Å². The van der Waals surface area contributed by atoms with Crippen LogP contribution in [0.15, 0.2) is 4.52 Å². The number of aliphatic carboxylic acids is 1. The zero-order valence-corrected chi connectivity index (χ0v) is 11.6. The van der Waals surface area contributed by atoms with Crippen molar-refractivity contribution in [2.75, 3.05) is 13.2 Å². The molecular weight excluding hydrogens is 260 g/mol. The number of carboxylic acids is 1. The van der Waals surface area contributed by atoms with Crippen molar-refractivity contribution in [1.82, 2.24) is 10.1 Å². The first-order chi connectivity index (χ1) is 9.65. The largest absolute Gasteiger partial charge is 0.481 e. The van der Waals surface area contributed by atoms with Crippen LogP contribution in [0.1, 0.15) is 56.2 Å². The standard InChI is InChI=1S/C14H20N2O4/c1-8-6-10(11(7-8)14(17)18)13-15-12(16-20-13)9-2-4-19-5-3-9/h8-11H,2-7H2,1H3,(H,17,18). The molecule has 1 aromatic rings. The van der Waals surface area contributed by atoms with E-state index >= 15 is 0 Å². The summed E-state index contributed by atoms with van der Waals surface area (Å²) in [6.07, 6.45) is 3.31. The summed E-state index contributed by atoms with van der Waals surface area (Å²) >= 11 is 0. The van der Waals surface area contributed by atoms with E-state index in [1.165, 1.54) is 0 Å². The van der Waals surface area contributed by atoms with E-state index in [4.69, 9.17) is 9.26 Å². The van der Waals surface area contributed by atoms with E-state index in [1.54, 1.807) is 0 Å². The summed E-state index contributed by atoms with van der Waals surface area (Å²) in [6.45, 7) is 3.53. The second kappa shape index (κ2) is 5.52. The third-order valence-electron chi connectivity index (χ3n) is 4.48. The molecule has 0 amide bonds. The number of rotatable bonds is 3.